The lowest BCUT2D eigenvalue weighted by molar-refractivity contribution is 0.626. The molecule has 0 fully saturated rings. The van der Waals surface area contributed by atoms with Gasteiger partial charge in [-0.1, -0.05) is 11.6 Å². The molecular formula is C15H10ClF2N5. The molecule has 1 heterocycles. The minimum Gasteiger partial charge on any atom is -0.362 e. The number of benzene rings is 2. The fraction of sp³-hybridized carbons (Fsp3) is 0. The van der Waals surface area contributed by atoms with Gasteiger partial charge in [-0.2, -0.15) is 4.68 Å². The quantitative estimate of drug-likeness (QED) is 0.791. The normalized spacial score (nSPS) is 11.1. The first-order chi connectivity index (χ1) is 11.1. The Labute approximate surface area is 135 Å². The Kier molecular flexibility index (Phi) is 4.29. The van der Waals surface area contributed by atoms with Crippen molar-refractivity contribution in [1.82, 2.24) is 20.2 Å². The van der Waals surface area contributed by atoms with Gasteiger partial charge in [0.15, 0.2) is 5.82 Å². The van der Waals surface area contributed by atoms with Crippen molar-refractivity contribution in [3.05, 3.63) is 71.1 Å². The third-order valence-corrected chi connectivity index (χ3v) is 3.26. The smallest absolute Gasteiger partial charge is 0.181 e. The van der Waals surface area contributed by atoms with Gasteiger partial charge in [0.1, 0.15) is 11.6 Å². The highest BCUT2D eigenvalue weighted by Crippen LogP contribution is 2.19. The molecule has 0 saturated heterocycles. The number of anilines is 1. The molecule has 0 aliphatic rings. The number of nitrogens with zero attached hydrogens (tertiary/aromatic N) is 4. The van der Waals surface area contributed by atoms with Crippen molar-refractivity contribution in [3.8, 4) is 5.69 Å². The highest BCUT2D eigenvalue weighted by molar-refractivity contribution is 6.31. The zero-order valence-corrected chi connectivity index (χ0v) is 12.4. The molecule has 5 nitrogen and oxygen atoms in total. The van der Waals surface area contributed by atoms with Crippen LogP contribution >= 0.6 is 11.6 Å². The van der Waals surface area contributed by atoms with E-state index < -0.39 is 5.82 Å². The van der Waals surface area contributed by atoms with Crippen LogP contribution in [-0.4, -0.2) is 20.2 Å². The van der Waals surface area contributed by atoms with E-state index in [1.165, 1.54) is 28.9 Å². The van der Waals surface area contributed by atoms with E-state index in [-0.39, 0.29) is 10.8 Å². The molecule has 0 aliphatic heterocycles. The highest BCUT2D eigenvalue weighted by Gasteiger charge is 2.05. The standard InChI is InChI=1S/C15H10ClF2N5/c16-13-9-11(3-6-14(13)18)19-8-7-15-20-21-22-23(15)12-4-1-10(17)2-5-12/h1-9,19H. The summed E-state index contributed by atoms with van der Waals surface area (Å²) >= 11 is 5.70. The Hall–Kier alpha value is -2.80. The number of nitrogens with one attached hydrogen (secondary N) is 1. The molecule has 3 aromatic rings. The molecular weight excluding hydrogens is 324 g/mol. The molecule has 2 aromatic carbocycles. The molecule has 8 heteroatoms. The van der Waals surface area contributed by atoms with Gasteiger partial charge in [-0.3, -0.25) is 0 Å². The van der Waals surface area contributed by atoms with E-state index >= 15 is 0 Å². The van der Waals surface area contributed by atoms with Crippen molar-refractivity contribution < 1.29 is 8.78 Å². The molecule has 1 N–H and O–H groups in total. The summed E-state index contributed by atoms with van der Waals surface area (Å²) in [6, 6.07) is 10.1. The average Bonchev–Trinajstić information content (AvgIpc) is 3.00. The van der Waals surface area contributed by atoms with E-state index in [1.54, 1.807) is 30.5 Å². The maximum absolute atomic E-state index is 13.1. The fourth-order valence-corrected chi connectivity index (χ4v) is 2.04. The third-order valence-electron chi connectivity index (χ3n) is 2.97. The molecule has 0 atom stereocenters. The first-order valence-corrected chi connectivity index (χ1v) is 6.94. The number of halogens is 3. The zero-order valence-electron chi connectivity index (χ0n) is 11.6. The van der Waals surface area contributed by atoms with Crippen LogP contribution in [0.15, 0.2) is 48.7 Å². The summed E-state index contributed by atoms with van der Waals surface area (Å²) in [6.07, 6.45) is 3.22. The average molecular weight is 334 g/mol. The molecule has 3 rings (SSSR count). The largest absolute Gasteiger partial charge is 0.362 e. The van der Waals surface area contributed by atoms with E-state index in [0.717, 1.165) is 0 Å². The van der Waals surface area contributed by atoms with Gasteiger partial charge in [-0.05, 0) is 52.9 Å². The van der Waals surface area contributed by atoms with Gasteiger partial charge < -0.3 is 5.32 Å². The van der Waals surface area contributed by atoms with Gasteiger partial charge in [0.2, 0.25) is 0 Å². The van der Waals surface area contributed by atoms with Crippen LogP contribution in [-0.2, 0) is 0 Å². The minimum absolute atomic E-state index is 0.0274. The van der Waals surface area contributed by atoms with Crippen LogP contribution in [0.2, 0.25) is 5.02 Å². The van der Waals surface area contributed by atoms with Crippen LogP contribution in [0.25, 0.3) is 11.8 Å². The van der Waals surface area contributed by atoms with E-state index in [4.69, 9.17) is 11.6 Å². The van der Waals surface area contributed by atoms with Crippen LogP contribution in [0.4, 0.5) is 14.5 Å². The van der Waals surface area contributed by atoms with Crippen LogP contribution < -0.4 is 5.32 Å². The number of aromatic nitrogens is 4. The topological polar surface area (TPSA) is 55.6 Å². The van der Waals surface area contributed by atoms with Crippen molar-refractivity contribution in [1.29, 1.82) is 0 Å². The molecule has 0 aliphatic carbocycles. The second-order valence-corrected chi connectivity index (χ2v) is 4.94. The molecule has 0 unspecified atom stereocenters. The summed E-state index contributed by atoms with van der Waals surface area (Å²) in [5, 5.41) is 14.3. The Morgan fingerprint density at radius 1 is 1.09 bits per heavy atom. The van der Waals surface area contributed by atoms with Crippen LogP contribution in [0.1, 0.15) is 5.82 Å². The Morgan fingerprint density at radius 2 is 1.87 bits per heavy atom. The summed E-state index contributed by atoms with van der Waals surface area (Å²) < 4.78 is 27.5. The predicted octanol–water partition coefficient (Wildman–Crippen LogP) is 3.68. The van der Waals surface area contributed by atoms with Crippen LogP contribution in [0.5, 0.6) is 0 Å². The van der Waals surface area contributed by atoms with E-state index in [0.29, 0.717) is 17.2 Å². The highest BCUT2D eigenvalue weighted by atomic mass is 35.5. The molecule has 0 bridgehead atoms. The van der Waals surface area contributed by atoms with Crippen molar-refractivity contribution in [3.63, 3.8) is 0 Å². The maximum atomic E-state index is 13.1. The number of hydrogen-bond acceptors (Lipinski definition) is 4. The van der Waals surface area contributed by atoms with Crippen molar-refractivity contribution >= 4 is 23.4 Å². The molecule has 23 heavy (non-hydrogen) atoms. The number of tetrazole rings is 1. The lowest BCUT2D eigenvalue weighted by atomic mass is 10.3. The number of rotatable bonds is 4. The Morgan fingerprint density at radius 3 is 2.61 bits per heavy atom. The molecule has 1 aromatic heterocycles. The molecule has 0 amide bonds. The molecule has 0 spiro atoms. The molecule has 0 radical (unpaired) electrons. The first kappa shape index (κ1) is 15.1. The van der Waals surface area contributed by atoms with Gasteiger partial charge in [0.05, 0.1) is 10.7 Å². The van der Waals surface area contributed by atoms with Gasteiger partial charge in [-0.25, -0.2) is 8.78 Å². The molecule has 116 valence electrons. The van der Waals surface area contributed by atoms with Crippen molar-refractivity contribution in [2.75, 3.05) is 5.32 Å². The Bertz CT molecular complexity index is 845. The van der Waals surface area contributed by atoms with Gasteiger partial charge in [0.25, 0.3) is 0 Å². The lowest BCUT2D eigenvalue weighted by Crippen LogP contribution is -2.00. The van der Waals surface area contributed by atoms with E-state index in [9.17, 15) is 8.78 Å². The summed E-state index contributed by atoms with van der Waals surface area (Å²) in [5.74, 6) is -0.382. The minimum atomic E-state index is -0.485. The van der Waals surface area contributed by atoms with Crippen molar-refractivity contribution in [2.45, 2.75) is 0 Å². The van der Waals surface area contributed by atoms with Gasteiger partial charge >= 0.3 is 0 Å². The molecule has 0 saturated carbocycles. The van der Waals surface area contributed by atoms with Crippen LogP contribution in [0, 0.1) is 11.6 Å². The summed E-state index contributed by atoms with van der Waals surface area (Å²) in [7, 11) is 0. The second kappa shape index (κ2) is 6.53. The predicted molar refractivity (Wildman–Crippen MR) is 83.2 cm³/mol. The number of hydrogen-bond donors (Lipinski definition) is 1. The fourth-order valence-electron chi connectivity index (χ4n) is 1.86. The van der Waals surface area contributed by atoms with Crippen LogP contribution in [0.3, 0.4) is 0 Å². The zero-order chi connectivity index (χ0) is 16.2. The SMILES string of the molecule is Fc1ccc(-n2nnnc2C=CNc2ccc(F)c(Cl)c2)cc1. The van der Waals surface area contributed by atoms with E-state index in [1.807, 2.05) is 0 Å². The first-order valence-electron chi connectivity index (χ1n) is 6.56. The lowest BCUT2D eigenvalue weighted by Gasteiger charge is -2.03. The summed E-state index contributed by atoms with van der Waals surface area (Å²) in [5.41, 5.74) is 1.24. The third kappa shape index (κ3) is 3.51. The van der Waals surface area contributed by atoms with Gasteiger partial charge in [-0.15, -0.1) is 5.10 Å². The van der Waals surface area contributed by atoms with Gasteiger partial charge in [0, 0.05) is 18.0 Å². The monoisotopic (exact) mass is 333 g/mol. The van der Waals surface area contributed by atoms with Crippen molar-refractivity contribution in [2.24, 2.45) is 0 Å². The maximum Gasteiger partial charge on any atom is 0.181 e. The van der Waals surface area contributed by atoms with E-state index in [2.05, 4.69) is 20.8 Å². The summed E-state index contributed by atoms with van der Waals surface area (Å²) in [4.78, 5) is 0. The Balaban J connectivity index is 1.77. The summed E-state index contributed by atoms with van der Waals surface area (Å²) in [6.45, 7) is 0. The second-order valence-electron chi connectivity index (χ2n) is 4.53.